The first-order valence-electron chi connectivity index (χ1n) is 18.3. The Hall–Kier alpha value is -2.91. The molecule has 277 valence electrons. The molecule has 1 aliphatic carbocycles. The molecular weight excluding hydrogens is 715 g/mol. The van der Waals surface area contributed by atoms with Crippen LogP contribution in [0.3, 0.4) is 0 Å². The fraction of sp³-hybridized carbons (Fsp3) is 0.476. The predicted molar refractivity (Wildman–Crippen MR) is 202 cm³/mol. The van der Waals surface area contributed by atoms with Gasteiger partial charge in [0.15, 0.2) is 0 Å². The van der Waals surface area contributed by atoms with Crippen LogP contribution >= 0.6 is 0 Å². The predicted octanol–water partition coefficient (Wildman–Crippen LogP) is 7.37. The van der Waals surface area contributed by atoms with E-state index >= 15 is 0 Å². The minimum atomic E-state index is -1.05. The van der Waals surface area contributed by atoms with Gasteiger partial charge in [-0.1, -0.05) is 147 Å². The summed E-state index contributed by atoms with van der Waals surface area (Å²) in [6.07, 6.45) is 1.35. The molecule has 0 saturated carbocycles. The van der Waals surface area contributed by atoms with Crippen LogP contribution in [0.4, 0.5) is 0 Å². The Morgan fingerprint density at radius 2 is 1.31 bits per heavy atom. The van der Waals surface area contributed by atoms with Gasteiger partial charge in [-0.25, -0.2) is 0 Å². The Morgan fingerprint density at radius 3 is 1.86 bits per heavy atom. The van der Waals surface area contributed by atoms with Crippen LogP contribution in [0.1, 0.15) is 90.1 Å². The molecule has 7 unspecified atom stereocenters. The van der Waals surface area contributed by atoms with Gasteiger partial charge in [-0.2, -0.15) is 0 Å². The van der Waals surface area contributed by atoms with Crippen molar-refractivity contribution >= 4 is 17.7 Å². The largest absolute Gasteiger partial charge is 0.396 e. The molecule has 3 amide bonds. The van der Waals surface area contributed by atoms with Crippen molar-refractivity contribution in [1.82, 2.24) is 16.0 Å². The molecule has 3 aromatic rings. The number of rotatable bonds is 16. The Bertz CT molecular complexity index is 1420. The van der Waals surface area contributed by atoms with E-state index in [0.29, 0.717) is 6.42 Å². The van der Waals surface area contributed by atoms with E-state index in [0.717, 1.165) is 23.1 Å². The average Bonchev–Trinajstić information content (AvgIpc) is 3.48. The summed E-state index contributed by atoms with van der Waals surface area (Å²) < 4.78 is 12.5. The molecule has 1 aliphatic rings. The Balaban J connectivity index is 0.00000251. The zero-order valence-electron chi connectivity index (χ0n) is 32.1. The normalized spacial score (nSPS) is 17.2. The molecule has 1 radical (unpaired) electrons. The van der Waals surface area contributed by atoms with Crippen molar-refractivity contribution in [1.29, 1.82) is 0 Å². The fourth-order valence-corrected chi connectivity index (χ4v) is 5.92. The third-order valence-corrected chi connectivity index (χ3v) is 8.86. The van der Waals surface area contributed by atoms with Gasteiger partial charge in [0.25, 0.3) is 0 Å². The van der Waals surface area contributed by atoms with E-state index in [2.05, 4.69) is 35.0 Å². The van der Waals surface area contributed by atoms with Crippen LogP contribution in [0.2, 0.25) is 0 Å². The molecule has 0 saturated heterocycles. The number of fused-ring (bicyclic) bond motifs is 1. The number of nitrogens with one attached hydrogen (secondary N) is 3. The maximum absolute atomic E-state index is 14.0. The van der Waals surface area contributed by atoms with Crippen LogP contribution in [-0.4, -0.2) is 43.0 Å². The van der Waals surface area contributed by atoms with Crippen LogP contribution < -0.4 is 16.0 Å². The number of hydrogen-bond acceptors (Lipinski definition) is 5. The quantitative estimate of drug-likeness (QED) is 0.132. The summed E-state index contributed by atoms with van der Waals surface area (Å²) in [5, 5.41) is 8.83. The molecule has 0 aliphatic heterocycles. The summed E-state index contributed by atoms with van der Waals surface area (Å²) >= 11 is 0. The molecule has 8 nitrogen and oxygen atoms in total. The minimum Gasteiger partial charge on any atom is -0.396 e. The maximum Gasteiger partial charge on any atom is 0.247 e. The summed E-state index contributed by atoms with van der Waals surface area (Å²) in [7, 11) is 1.55. The van der Waals surface area contributed by atoms with Crippen molar-refractivity contribution < 1.29 is 56.6 Å². The number of ether oxygens (including phenoxy) is 2. The van der Waals surface area contributed by atoms with Gasteiger partial charge in [0.1, 0.15) is 12.1 Å². The Labute approximate surface area is 332 Å². The number of hydrogen-bond donors (Lipinski definition) is 3. The zero-order valence-corrected chi connectivity index (χ0v) is 35.0. The van der Waals surface area contributed by atoms with Crippen molar-refractivity contribution in [2.45, 2.75) is 106 Å². The van der Waals surface area contributed by atoms with Crippen molar-refractivity contribution in [3.63, 3.8) is 0 Å². The molecule has 3 aromatic carbocycles. The van der Waals surface area contributed by atoms with Crippen molar-refractivity contribution in [3.05, 3.63) is 114 Å². The van der Waals surface area contributed by atoms with E-state index < -0.39 is 30.1 Å². The number of benzene rings is 3. The van der Waals surface area contributed by atoms with Crippen LogP contribution in [0.5, 0.6) is 0 Å². The van der Waals surface area contributed by atoms with Crippen LogP contribution in [0, 0.1) is 24.2 Å². The molecule has 9 heteroatoms. The molecule has 0 bridgehead atoms. The van der Waals surface area contributed by atoms with Gasteiger partial charge in [-0.3, -0.25) is 20.8 Å². The topological polar surface area (TPSA) is 106 Å². The summed E-state index contributed by atoms with van der Waals surface area (Å²) in [6, 6.07) is 26.6. The van der Waals surface area contributed by atoms with E-state index in [-0.39, 0.29) is 75.6 Å². The zero-order chi connectivity index (χ0) is 37.1. The molecule has 0 spiro atoms. The second-order valence-corrected chi connectivity index (χ2v) is 12.3. The van der Waals surface area contributed by atoms with Crippen molar-refractivity contribution in [2.75, 3.05) is 7.05 Å². The molecular formula is C42H60N3O5Y-. The van der Waals surface area contributed by atoms with Gasteiger partial charge in [0.05, 0.1) is 19.3 Å². The SMILES string of the molecule is CC.CC.CCC(C)C(NC(=O)C([CH-]C(C)C(OCc1ccccc1)C(=O)NC1c2ccccc2CC1C)OCc1ccccc1)C(=O)NC.[Y]. The van der Waals surface area contributed by atoms with E-state index in [1.165, 1.54) is 5.56 Å². The van der Waals surface area contributed by atoms with E-state index in [1.54, 1.807) is 13.5 Å². The second-order valence-electron chi connectivity index (χ2n) is 12.3. The number of carbonyl (C=O) groups is 3. The summed E-state index contributed by atoms with van der Waals surface area (Å²) in [4.78, 5) is 40.5. The molecule has 4 rings (SSSR count). The summed E-state index contributed by atoms with van der Waals surface area (Å²) in [6.45, 7) is 16.3. The van der Waals surface area contributed by atoms with Crippen LogP contribution in [0.15, 0.2) is 84.9 Å². The average molecular weight is 776 g/mol. The summed E-state index contributed by atoms with van der Waals surface area (Å²) in [5.41, 5.74) is 4.19. The number of likely N-dealkylation sites (N-methyl/N-ethyl adjacent to an activating group) is 1. The van der Waals surface area contributed by atoms with Gasteiger partial charge in [0.2, 0.25) is 17.7 Å². The summed E-state index contributed by atoms with van der Waals surface area (Å²) in [5.74, 6) is -1.36. The van der Waals surface area contributed by atoms with Gasteiger partial charge in [0, 0.05) is 45.9 Å². The molecule has 7 atom stereocenters. The first kappa shape index (κ1) is 46.1. The number of carbonyl (C=O) groups excluding carboxylic acids is 3. The standard InChI is InChI=1S/C38H48N3O5.2C2H6.Y/c1-6-25(2)34(37(43)39-5)41-36(42)32(45-23-28-15-9-7-10-16-28)22-27(4)35(46-24-29-17-11-8-12-18-29)38(44)40-33-26(3)21-30-19-13-14-20-31(30)33;2*1-2;/h7-20,22,25-27,32-35H,6,21,23-24H2,1-5H3,(H,39,43)(H,40,44)(H,41,42);2*1-2H3;/q-1;;;. The Morgan fingerprint density at radius 1 is 0.784 bits per heavy atom. The van der Waals surface area contributed by atoms with E-state index in [1.807, 2.05) is 121 Å². The molecule has 3 N–H and O–H groups in total. The number of amides is 3. The molecule has 0 heterocycles. The fourth-order valence-electron chi connectivity index (χ4n) is 5.92. The van der Waals surface area contributed by atoms with Crippen molar-refractivity contribution in [3.8, 4) is 0 Å². The van der Waals surface area contributed by atoms with Crippen LogP contribution in [0.25, 0.3) is 0 Å². The van der Waals surface area contributed by atoms with Gasteiger partial charge in [-0.15, -0.1) is 5.92 Å². The smallest absolute Gasteiger partial charge is 0.247 e. The first-order chi connectivity index (χ1) is 24.2. The third-order valence-electron chi connectivity index (χ3n) is 8.86. The Kier molecular flexibility index (Phi) is 22.7. The monoisotopic (exact) mass is 775 g/mol. The van der Waals surface area contributed by atoms with Crippen molar-refractivity contribution in [2.24, 2.45) is 17.8 Å². The first-order valence-corrected chi connectivity index (χ1v) is 18.3. The van der Waals surface area contributed by atoms with E-state index in [4.69, 9.17) is 9.47 Å². The van der Waals surface area contributed by atoms with Gasteiger partial charge in [-0.05, 0) is 40.5 Å². The van der Waals surface area contributed by atoms with Gasteiger partial charge >= 0.3 is 0 Å². The van der Waals surface area contributed by atoms with E-state index in [9.17, 15) is 14.4 Å². The molecule has 0 fully saturated rings. The molecule has 0 aromatic heterocycles. The van der Waals surface area contributed by atoms with Gasteiger partial charge < -0.3 is 25.4 Å². The minimum absolute atomic E-state index is 0. The molecule has 51 heavy (non-hydrogen) atoms. The van der Waals surface area contributed by atoms with Crippen LogP contribution in [-0.2, 0) is 76.2 Å². The third kappa shape index (κ3) is 14.2. The maximum atomic E-state index is 14.0. The second kappa shape index (κ2) is 25.1.